The first-order chi connectivity index (χ1) is 7.50. The van der Waals surface area contributed by atoms with Crippen molar-refractivity contribution in [3.8, 4) is 0 Å². The highest BCUT2D eigenvalue weighted by Gasteiger charge is 2.19. The zero-order valence-corrected chi connectivity index (χ0v) is 9.61. The zero-order chi connectivity index (χ0) is 11.8. The van der Waals surface area contributed by atoms with Crippen LogP contribution in [0, 0.1) is 6.92 Å². The number of hydrogen-bond acceptors (Lipinski definition) is 4. The third-order valence-electron chi connectivity index (χ3n) is 2.13. The van der Waals surface area contributed by atoms with Crippen molar-refractivity contribution in [1.82, 2.24) is 20.0 Å². The van der Waals surface area contributed by atoms with E-state index >= 15 is 0 Å². The summed E-state index contributed by atoms with van der Waals surface area (Å²) in [6, 6.07) is 1.58. The molecule has 7 nitrogen and oxygen atoms in total. The van der Waals surface area contributed by atoms with E-state index < -0.39 is 10.0 Å². The van der Waals surface area contributed by atoms with Gasteiger partial charge in [0, 0.05) is 13.1 Å². The maximum Gasteiger partial charge on any atom is 0.266 e. The van der Waals surface area contributed by atoms with E-state index in [0.717, 1.165) is 0 Å². The molecule has 0 bridgehead atoms. The Morgan fingerprint density at radius 2 is 2.25 bits per heavy atom. The minimum Gasteiger partial charge on any atom is -0.281 e. The van der Waals surface area contributed by atoms with Crippen LogP contribution in [0.15, 0.2) is 23.4 Å². The van der Waals surface area contributed by atoms with Crippen LogP contribution < -0.4 is 4.72 Å². The van der Waals surface area contributed by atoms with E-state index in [9.17, 15) is 8.42 Å². The van der Waals surface area contributed by atoms with E-state index in [1.54, 1.807) is 20.0 Å². The smallest absolute Gasteiger partial charge is 0.266 e. The fraction of sp³-hybridized carbons (Fsp3) is 0.250. The highest BCUT2D eigenvalue weighted by molar-refractivity contribution is 7.92. The topological polar surface area (TPSA) is 92.7 Å². The molecule has 0 amide bonds. The molecule has 2 heterocycles. The van der Waals surface area contributed by atoms with Crippen LogP contribution in [-0.4, -0.2) is 28.4 Å². The Morgan fingerprint density at radius 1 is 1.50 bits per heavy atom. The van der Waals surface area contributed by atoms with Crippen molar-refractivity contribution in [2.45, 2.75) is 11.8 Å². The second-order valence-corrected chi connectivity index (χ2v) is 4.96. The van der Waals surface area contributed by atoms with Crippen LogP contribution in [0.3, 0.4) is 0 Å². The standard InChI is InChI=1S/C8H11N5O2S/c1-6-7(5-9-11-6)16(14,15)12-8-3-4-10-13(8)2/h3-5,12H,1-2H3,(H,9,11). The molecule has 0 aromatic carbocycles. The maximum absolute atomic E-state index is 11.9. The molecule has 0 radical (unpaired) electrons. The number of nitrogens with zero attached hydrogens (tertiary/aromatic N) is 3. The normalized spacial score (nSPS) is 11.6. The van der Waals surface area contributed by atoms with Gasteiger partial charge in [0.05, 0.1) is 18.1 Å². The summed E-state index contributed by atoms with van der Waals surface area (Å²) in [6.07, 6.45) is 2.79. The van der Waals surface area contributed by atoms with Gasteiger partial charge in [-0.3, -0.25) is 14.5 Å². The Morgan fingerprint density at radius 3 is 2.75 bits per heavy atom. The van der Waals surface area contributed by atoms with Gasteiger partial charge in [0.15, 0.2) is 0 Å². The van der Waals surface area contributed by atoms with Gasteiger partial charge in [-0.05, 0) is 6.92 Å². The number of sulfonamides is 1. The fourth-order valence-corrected chi connectivity index (χ4v) is 2.50. The lowest BCUT2D eigenvalue weighted by atomic mass is 10.5. The quantitative estimate of drug-likeness (QED) is 0.805. The van der Waals surface area contributed by atoms with E-state index in [1.165, 1.54) is 17.1 Å². The summed E-state index contributed by atoms with van der Waals surface area (Å²) in [5.41, 5.74) is 0.495. The van der Waals surface area contributed by atoms with Gasteiger partial charge in [-0.1, -0.05) is 0 Å². The molecule has 0 saturated heterocycles. The molecule has 86 valence electrons. The number of nitrogens with one attached hydrogen (secondary N) is 2. The molecule has 2 rings (SSSR count). The Bertz CT molecular complexity index is 597. The molecule has 0 aliphatic heterocycles. The maximum atomic E-state index is 11.9. The molecule has 0 spiro atoms. The molecule has 2 aromatic heterocycles. The first kappa shape index (κ1) is 10.7. The number of aromatic nitrogens is 4. The minimum absolute atomic E-state index is 0.133. The number of hydrogen-bond donors (Lipinski definition) is 2. The van der Waals surface area contributed by atoms with Gasteiger partial charge in [-0.2, -0.15) is 10.2 Å². The van der Waals surface area contributed by atoms with Gasteiger partial charge >= 0.3 is 0 Å². The lowest BCUT2D eigenvalue weighted by Gasteiger charge is -2.06. The summed E-state index contributed by atoms with van der Waals surface area (Å²) in [7, 11) is -1.94. The van der Waals surface area contributed by atoms with Gasteiger partial charge < -0.3 is 0 Å². The van der Waals surface area contributed by atoms with Crippen molar-refractivity contribution in [1.29, 1.82) is 0 Å². The molecule has 0 aliphatic rings. The Hall–Kier alpha value is -1.83. The van der Waals surface area contributed by atoms with E-state index in [-0.39, 0.29) is 4.90 Å². The van der Waals surface area contributed by atoms with Crippen LogP contribution in [0.1, 0.15) is 5.69 Å². The second-order valence-electron chi connectivity index (χ2n) is 3.30. The average Bonchev–Trinajstić information content (AvgIpc) is 2.76. The van der Waals surface area contributed by atoms with Gasteiger partial charge in [0.1, 0.15) is 10.7 Å². The average molecular weight is 241 g/mol. The summed E-state index contributed by atoms with van der Waals surface area (Å²) in [5, 5.41) is 10.1. The SMILES string of the molecule is Cc1[nH]ncc1S(=O)(=O)Nc1ccnn1C. The summed E-state index contributed by atoms with van der Waals surface area (Å²) in [5.74, 6) is 0.403. The van der Waals surface area contributed by atoms with Gasteiger partial charge in [0.2, 0.25) is 0 Å². The van der Waals surface area contributed by atoms with E-state index in [4.69, 9.17) is 0 Å². The van der Waals surface area contributed by atoms with Gasteiger partial charge in [-0.25, -0.2) is 8.42 Å². The number of aryl methyl sites for hydroxylation is 2. The van der Waals surface area contributed by atoms with Crippen molar-refractivity contribution < 1.29 is 8.42 Å². The van der Waals surface area contributed by atoms with Crippen molar-refractivity contribution >= 4 is 15.8 Å². The summed E-state index contributed by atoms with van der Waals surface area (Å²) >= 11 is 0. The molecule has 16 heavy (non-hydrogen) atoms. The zero-order valence-electron chi connectivity index (χ0n) is 8.80. The third kappa shape index (κ3) is 1.78. The molecule has 2 aromatic rings. The van der Waals surface area contributed by atoms with Gasteiger partial charge in [0.25, 0.3) is 10.0 Å². The summed E-state index contributed by atoms with van der Waals surface area (Å²) < 4.78 is 27.7. The minimum atomic E-state index is -3.60. The van der Waals surface area contributed by atoms with Crippen molar-refractivity contribution in [3.05, 3.63) is 24.2 Å². The predicted octanol–water partition coefficient (Wildman–Crippen LogP) is 0.252. The lowest BCUT2D eigenvalue weighted by Crippen LogP contribution is -2.15. The molecule has 0 atom stereocenters. The Balaban J connectivity index is 2.36. The molecule has 0 aliphatic carbocycles. The summed E-state index contributed by atoms with van der Waals surface area (Å²) in [4.78, 5) is 0.133. The third-order valence-corrected chi connectivity index (χ3v) is 3.60. The molecule has 0 saturated carbocycles. The van der Waals surface area contributed by atoms with Gasteiger partial charge in [-0.15, -0.1) is 0 Å². The molecular formula is C8H11N5O2S. The highest BCUT2D eigenvalue weighted by atomic mass is 32.2. The van der Waals surface area contributed by atoms with Crippen LogP contribution in [0.4, 0.5) is 5.82 Å². The first-order valence-corrected chi connectivity index (χ1v) is 6.00. The number of H-pyrrole nitrogens is 1. The predicted molar refractivity (Wildman–Crippen MR) is 57.3 cm³/mol. The number of rotatable bonds is 3. The van der Waals surface area contributed by atoms with Crippen molar-refractivity contribution in [2.24, 2.45) is 7.05 Å². The highest BCUT2D eigenvalue weighted by Crippen LogP contribution is 2.16. The number of aromatic amines is 1. The molecule has 0 unspecified atom stereocenters. The molecule has 8 heteroatoms. The fourth-order valence-electron chi connectivity index (χ4n) is 1.28. The van der Waals surface area contributed by atoms with E-state index in [2.05, 4.69) is 20.0 Å². The second kappa shape index (κ2) is 3.63. The first-order valence-electron chi connectivity index (χ1n) is 4.51. The van der Waals surface area contributed by atoms with Crippen LogP contribution in [0.25, 0.3) is 0 Å². The van der Waals surface area contributed by atoms with E-state index in [1.807, 2.05) is 0 Å². The van der Waals surface area contributed by atoms with E-state index in [0.29, 0.717) is 11.5 Å². The van der Waals surface area contributed by atoms with Crippen molar-refractivity contribution in [2.75, 3.05) is 4.72 Å². The Kier molecular flexibility index (Phi) is 2.43. The molecular weight excluding hydrogens is 230 g/mol. The number of anilines is 1. The lowest BCUT2D eigenvalue weighted by molar-refractivity contribution is 0.599. The Labute approximate surface area is 92.5 Å². The van der Waals surface area contributed by atoms with Crippen LogP contribution in [-0.2, 0) is 17.1 Å². The molecule has 2 N–H and O–H groups in total. The van der Waals surface area contributed by atoms with Crippen LogP contribution >= 0.6 is 0 Å². The largest absolute Gasteiger partial charge is 0.281 e. The monoisotopic (exact) mass is 241 g/mol. The molecule has 0 fully saturated rings. The van der Waals surface area contributed by atoms with Crippen LogP contribution in [0.5, 0.6) is 0 Å². The summed E-state index contributed by atoms with van der Waals surface area (Å²) in [6.45, 7) is 1.64. The van der Waals surface area contributed by atoms with Crippen LogP contribution in [0.2, 0.25) is 0 Å². The van der Waals surface area contributed by atoms with Crippen molar-refractivity contribution in [3.63, 3.8) is 0 Å².